The molecule has 0 spiro atoms. The summed E-state index contributed by atoms with van der Waals surface area (Å²) < 4.78 is 28.3. The van der Waals surface area contributed by atoms with E-state index < -0.39 is 0 Å². The number of methoxy groups -OCH3 is 2. The summed E-state index contributed by atoms with van der Waals surface area (Å²) in [5, 5.41) is 0. The van der Waals surface area contributed by atoms with Crippen LogP contribution < -0.4 is 9.47 Å². The fraction of sp³-hybridized carbons (Fsp3) is 0.462. The van der Waals surface area contributed by atoms with Crippen LogP contribution in [0.1, 0.15) is 12.8 Å². The standard InChI is InChI=1S/C13H15FO4/c1-16-12-7-9(14)3-4-11(12)18-10-5-8(6-10)13(15)17-2/h3-4,7-8,10H,5-6H2,1-2H3/t8-,10-. The molecule has 0 bridgehead atoms. The van der Waals surface area contributed by atoms with Crippen molar-refractivity contribution < 1.29 is 23.4 Å². The number of ether oxygens (including phenoxy) is 3. The lowest BCUT2D eigenvalue weighted by atomic mass is 9.82. The third kappa shape index (κ3) is 2.55. The van der Waals surface area contributed by atoms with Gasteiger partial charge in [0.15, 0.2) is 11.5 Å². The van der Waals surface area contributed by atoms with Gasteiger partial charge in [-0.2, -0.15) is 0 Å². The van der Waals surface area contributed by atoms with E-state index in [2.05, 4.69) is 4.74 Å². The van der Waals surface area contributed by atoms with Gasteiger partial charge in [0.25, 0.3) is 0 Å². The topological polar surface area (TPSA) is 44.8 Å². The fourth-order valence-electron chi connectivity index (χ4n) is 1.94. The van der Waals surface area contributed by atoms with Crippen molar-refractivity contribution in [3.05, 3.63) is 24.0 Å². The first-order chi connectivity index (χ1) is 8.63. The van der Waals surface area contributed by atoms with Crippen LogP contribution in [0.25, 0.3) is 0 Å². The van der Waals surface area contributed by atoms with Gasteiger partial charge in [-0.25, -0.2) is 4.39 Å². The van der Waals surface area contributed by atoms with Crippen molar-refractivity contribution in [3.8, 4) is 11.5 Å². The predicted molar refractivity (Wildman–Crippen MR) is 62.1 cm³/mol. The van der Waals surface area contributed by atoms with Crippen LogP contribution in [0.4, 0.5) is 4.39 Å². The molecule has 18 heavy (non-hydrogen) atoms. The van der Waals surface area contributed by atoms with Gasteiger partial charge in [-0.05, 0) is 25.0 Å². The van der Waals surface area contributed by atoms with E-state index in [1.807, 2.05) is 0 Å². The molecule has 98 valence electrons. The summed E-state index contributed by atoms with van der Waals surface area (Å²) in [4.78, 5) is 11.2. The van der Waals surface area contributed by atoms with Crippen molar-refractivity contribution in [3.63, 3.8) is 0 Å². The van der Waals surface area contributed by atoms with Crippen LogP contribution in [-0.2, 0) is 9.53 Å². The average molecular weight is 254 g/mol. The smallest absolute Gasteiger partial charge is 0.308 e. The number of halogens is 1. The highest BCUT2D eigenvalue weighted by Gasteiger charge is 2.37. The van der Waals surface area contributed by atoms with E-state index in [0.717, 1.165) is 0 Å². The molecule has 0 atom stereocenters. The zero-order chi connectivity index (χ0) is 13.1. The molecule has 0 heterocycles. The lowest BCUT2D eigenvalue weighted by molar-refractivity contribution is -0.151. The minimum atomic E-state index is -0.375. The van der Waals surface area contributed by atoms with Crippen molar-refractivity contribution in [1.29, 1.82) is 0 Å². The van der Waals surface area contributed by atoms with Crippen molar-refractivity contribution in [2.75, 3.05) is 14.2 Å². The van der Waals surface area contributed by atoms with Crippen LogP contribution in [-0.4, -0.2) is 26.3 Å². The van der Waals surface area contributed by atoms with Gasteiger partial charge >= 0.3 is 5.97 Å². The number of hydrogen-bond donors (Lipinski definition) is 0. The van der Waals surface area contributed by atoms with Gasteiger partial charge in [-0.15, -0.1) is 0 Å². The molecule has 0 radical (unpaired) electrons. The van der Waals surface area contributed by atoms with Gasteiger partial charge < -0.3 is 14.2 Å². The molecule has 1 saturated carbocycles. The van der Waals surface area contributed by atoms with Crippen molar-refractivity contribution in [2.24, 2.45) is 5.92 Å². The minimum Gasteiger partial charge on any atom is -0.493 e. The molecular weight excluding hydrogens is 239 g/mol. The molecule has 5 heteroatoms. The Hall–Kier alpha value is -1.78. The molecule has 0 aliphatic heterocycles. The maximum Gasteiger partial charge on any atom is 0.308 e. The quantitative estimate of drug-likeness (QED) is 0.772. The van der Waals surface area contributed by atoms with E-state index in [9.17, 15) is 9.18 Å². The Morgan fingerprint density at radius 3 is 2.61 bits per heavy atom. The van der Waals surface area contributed by atoms with E-state index >= 15 is 0 Å². The van der Waals surface area contributed by atoms with Gasteiger partial charge in [0.05, 0.1) is 20.1 Å². The SMILES string of the molecule is COc1cc(F)ccc1O[C@H]1C[C@H](C(=O)OC)C1. The van der Waals surface area contributed by atoms with E-state index in [1.165, 1.54) is 32.4 Å². The first-order valence-corrected chi connectivity index (χ1v) is 5.72. The number of carbonyl (C=O) groups is 1. The van der Waals surface area contributed by atoms with Gasteiger partial charge in [-0.1, -0.05) is 0 Å². The highest BCUT2D eigenvalue weighted by Crippen LogP contribution is 2.36. The highest BCUT2D eigenvalue weighted by atomic mass is 19.1. The summed E-state index contributed by atoms with van der Waals surface area (Å²) >= 11 is 0. The summed E-state index contributed by atoms with van der Waals surface area (Å²) in [5.41, 5.74) is 0. The molecule has 1 aliphatic rings. The highest BCUT2D eigenvalue weighted by molar-refractivity contribution is 5.73. The molecule has 4 nitrogen and oxygen atoms in total. The Morgan fingerprint density at radius 2 is 2.00 bits per heavy atom. The molecule has 1 fully saturated rings. The number of carbonyl (C=O) groups excluding carboxylic acids is 1. The Bertz CT molecular complexity index is 441. The van der Waals surface area contributed by atoms with E-state index in [-0.39, 0.29) is 23.8 Å². The molecule has 0 amide bonds. The summed E-state index contributed by atoms with van der Waals surface area (Å²) in [6.45, 7) is 0. The molecule has 0 saturated heterocycles. The second kappa shape index (κ2) is 5.25. The summed E-state index contributed by atoms with van der Waals surface area (Å²) in [6, 6.07) is 4.11. The van der Waals surface area contributed by atoms with Gasteiger partial charge in [0, 0.05) is 6.07 Å². The largest absolute Gasteiger partial charge is 0.493 e. The maximum absolute atomic E-state index is 13.0. The van der Waals surface area contributed by atoms with Crippen LogP contribution in [0, 0.1) is 11.7 Å². The first-order valence-electron chi connectivity index (χ1n) is 5.72. The number of hydrogen-bond acceptors (Lipinski definition) is 4. The minimum absolute atomic E-state index is 0.0477. The lowest BCUT2D eigenvalue weighted by Gasteiger charge is -2.33. The third-order valence-corrected chi connectivity index (χ3v) is 3.05. The Balaban J connectivity index is 1.94. The van der Waals surface area contributed by atoms with Crippen molar-refractivity contribution in [1.82, 2.24) is 0 Å². The van der Waals surface area contributed by atoms with Gasteiger partial charge in [0.2, 0.25) is 0 Å². The average Bonchev–Trinajstić information content (AvgIpc) is 2.33. The normalized spacial score (nSPS) is 21.9. The zero-order valence-corrected chi connectivity index (χ0v) is 10.3. The van der Waals surface area contributed by atoms with Crippen LogP contribution >= 0.6 is 0 Å². The molecule has 0 N–H and O–H groups in total. The predicted octanol–water partition coefficient (Wildman–Crippen LogP) is 2.16. The summed E-state index contributed by atoms with van der Waals surface area (Å²) in [5.74, 6) is 0.177. The Labute approximate surface area is 105 Å². The number of benzene rings is 1. The van der Waals surface area contributed by atoms with Crippen molar-refractivity contribution >= 4 is 5.97 Å². The van der Waals surface area contributed by atoms with E-state index in [1.54, 1.807) is 0 Å². The number of esters is 1. The zero-order valence-electron chi connectivity index (χ0n) is 10.3. The van der Waals surface area contributed by atoms with Gasteiger partial charge in [0.1, 0.15) is 11.9 Å². The number of rotatable bonds is 4. The Morgan fingerprint density at radius 1 is 1.28 bits per heavy atom. The van der Waals surface area contributed by atoms with Crippen LogP contribution in [0.3, 0.4) is 0 Å². The Kier molecular flexibility index (Phi) is 3.69. The van der Waals surface area contributed by atoms with Crippen molar-refractivity contribution in [2.45, 2.75) is 18.9 Å². The second-order valence-corrected chi connectivity index (χ2v) is 4.23. The maximum atomic E-state index is 13.0. The molecule has 1 aromatic rings. The third-order valence-electron chi connectivity index (χ3n) is 3.05. The lowest BCUT2D eigenvalue weighted by Crippen LogP contribution is -2.38. The molecule has 0 aromatic heterocycles. The van der Waals surface area contributed by atoms with Crippen LogP contribution in [0.15, 0.2) is 18.2 Å². The van der Waals surface area contributed by atoms with Crippen LogP contribution in [0.2, 0.25) is 0 Å². The summed E-state index contributed by atoms with van der Waals surface area (Å²) in [6.07, 6.45) is 1.19. The van der Waals surface area contributed by atoms with E-state index in [4.69, 9.17) is 9.47 Å². The molecule has 0 unspecified atom stereocenters. The van der Waals surface area contributed by atoms with Gasteiger partial charge in [-0.3, -0.25) is 4.79 Å². The molecule has 2 rings (SSSR count). The first kappa shape index (κ1) is 12.7. The molecule has 1 aromatic carbocycles. The molecular formula is C13H15FO4. The van der Waals surface area contributed by atoms with E-state index in [0.29, 0.717) is 24.3 Å². The molecule has 1 aliphatic carbocycles. The second-order valence-electron chi connectivity index (χ2n) is 4.23. The monoisotopic (exact) mass is 254 g/mol. The summed E-state index contributed by atoms with van der Waals surface area (Å²) in [7, 11) is 2.83. The van der Waals surface area contributed by atoms with Crippen LogP contribution in [0.5, 0.6) is 11.5 Å². The fourth-order valence-corrected chi connectivity index (χ4v) is 1.94.